The fourth-order valence-corrected chi connectivity index (χ4v) is 2.02. The molecule has 1 rings (SSSR count). The van der Waals surface area contributed by atoms with Gasteiger partial charge in [-0.25, -0.2) is 13.1 Å². The molecule has 0 saturated heterocycles. The molecule has 0 aliphatic carbocycles. The smallest absolute Gasteiger partial charge is 0.208 e. The highest BCUT2D eigenvalue weighted by atomic mass is 32.2. The van der Waals surface area contributed by atoms with Gasteiger partial charge in [-0.05, 0) is 18.1 Å². The van der Waals surface area contributed by atoms with E-state index in [2.05, 4.69) is 40.0 Å². The Balaban J connectivity index is 2.17. The van der Waals surface area contributed by atoms with Crippen LogP contribution in [0.5, 0.6) is 0 Å². The largest absolute Gasteiger partial charge is 0.354 e. The first kappa shape index (κ1) is 14.2. The maximum Gasteiger partial charge on any atom is 0.208 e. The lowest BCUT2D eigenvalue weighted by Gasteiger charge is -2.04. The summed E-state index contributed by atoms with van der Waals surface area (Å²) in [5, 5.41) is 3.19. The summed E-state index contributed by atoms with van der Waals surface area (Å²) in [6.07, 6.45) is 6.47. The summed E-state index contributed by atoms with van der Waals surface area (Å²) in [6.45, 7) is 5.01. The molecule has 0 bridgehead atoms. The van der Waals surface area contributed by atoms with Gasteiger partial charge in [-0.15, -0.1) is 0 Å². The first-order valence-corrected chi connectivity index (χ1v) is 7.70. The predicted octanol–water partition coefficient (Wildman–Crippen LogP) is 0.537. The van der Waals surface area contributed by atoms with Gasteiger partial charge in [0.2, 0.25) is 10.0 Å². The van der Waals surface area contributed by atoms with Crippen molar-refractivity contribution in [2.24, 2.45) is 0 Å². The second-order valence-corrected chi connectivity index (χ2v) is 5.93. The van der Waals surface area contributed by atoms with Crippen molar-refractivity contribution in [3.8, 4) is 0 Å². The minimum Gasteiger partial charge on any atom is -0.354 e. The van der Waals surface area contributed by atoms with Gasteiger partial charge < -0.3 is 9.88 Å². The average Bonchev–Trinajstić information content (AvgIpc) is 2.64. The van der Waals surface area contributed by atoms with Crippen molar-refractivity contribution in [2.75, 3.05) is 19.3 Å². The van der Waals surface area contributed by atoms with Crippen LogP contribution < -0.4 is 10.0 Å². The maximum atomic E-state index is 10.8. The minimum absolute atomic E-state index is 0.425. The van der Waals surface area contributed by atoms with Crippen LogP contribution in [0, 0.1) is 0 Å². The summed E-state index contributed by atoms with van der Waals surface area (Å²) < 4.78 is 26.2. The van der Waals surface area contributed by atoms with Crippen molar-refractivity contribution in [2.45, 2.75) is 26.4 Å². The van der Waals surface area contributed by atoms with E-state index in [1.165, 1.54) is 5.56 Å². The van der Waals surface area contributed by atoms with Crippen LogP contribution in [-0.4, -0.2) is 32.3 Å². The van der Waals surface area contributed by atoms with Crippen molar-refractivity contribution in [3.05, 3.63) is 24.0 Å². The minimum atomic E-state index is -3.07. The average molecular weight is 259 g/mol. The monoisotopic (exact) mass is 259 g/mol. The normalized spacial score (nSPS) is 11.9. The van der Waals surface area contributed by atoms with Gasteiger partial charge in [0.05, 0.1) is 6.26 Å². The van der Waals surface area contributed by atoms with E-state index in [4.69, 9.17) is 0 Å². The molecule has 0 fully saturated rings. The number of hydrogen-bond donors (Lipinski definition) is 2. The van der Waals surface area contributed by atoms with Crippen LogP contribution in [0.3, 0.4) is 0 Å². The fourth-order valence-electron chi connectivity index (χ4n) is 1.55. The van der Waals surface area contributed by atoms with Crippen LogP contribution in [0.1, 0.15) is 18.9 Å². The zero-order valence-electron chi connectivity index (χ0n) is 10.4. The van der Waals surface area contributed by atoms with E-state index in [-0.39, 0.29) is 0 Å². The molecular weight excluding hydrogens is 238 g/mol. The van der Waals surface area contributed by atoms with E-state index < -0.39 is 10.0 Å². The number of hydrogen-bond acceptors (Lipinski definition) is 3. The number of rotatable bonds is 8. The molecule has 98 valence electrons. The lowest BCUT2D eigenvalue weighted by atomic mass is 10.3. The number of nitrogens with zero attached hydrogens (tertiary/aromatic N) is 1. The number of aromatic nitrogens is 1. The lowest BCUT2D eigenvalue weighted by Crippen LogP contribution is -2.30. The van der Waals surface area contributed by atoms with Crippen LogP contribution >= 0.6 is 0 Å². The zero-order chi connectivity index (χ0) is 12.7. The van der Waals surface area contributed by atoms with Gasteiger partial charge in [0.25, 0.3) is 0 Å². The Morgan fingerprint density at radius 3 is 2.76 bits per heavy atom. The third kappa shape index (κ3) is 6.45. The van der Waals surface area contributed by atoms with Crippen LogP contribution in [0.4, 0.5) is 0 Å². The van der Waals surface area contributed by atoms with Gasteiger partial charge in [0.1, 0.15) is 0 Å². The third-order valence-corrected chi connectivity index (χ3v) is 3.02. The van der Waals surface area contributed by atoms with Crippen LogP contribution in [-0.2, 0) is 23.1 Å². The van der Waals surface area contributed by atoms with Crippen molar-refractivity contribution in [1.29, 1.82) is 0 Å². The van der Waals surface area contributed by atoms with Gasteiger partial charge in [-0.2, -0.15) is 0 Å². The van der Waals surface area contributed by atoms with Crippen LogP contribution in [0.15, 0.2) is 18.5 Å². The molecule has 0 radical (unpaired) electrons. The van der Waals surface area contributed by atoms with E-state index >= 15 is 0 Å². The van der Waals surface area contributed by atoms with E-state index in [0.29, 0.717) is 13.1 Å². The van der Waals surface area contributed by atoms with Crippen molar-refractivity contribution in [3.63, 3.8) is 0 Å². The van der Waals surface area contributed by atoms with Gasteiger partial charge in [-0.1, -0.05) is 6.92 Å². The zero-order valence-corrected chi connectivity index (χ0v) is 11.3. The summed E-state index contributed by atoms with van der Waals surface area (Å²) >= 11 is 0. The molecule has 0 unspecified atom stereocenters. The van der Waals surface area contributed by atoms with Gasteiger partial charge in [0.15, 0.2) is 0 Å². The first-order chi connectivity index (χ1) is 8.01. The van der Waals surface area contributed by atoms with Crippen molar-refractivity contribution in [1.82, 2.24) is 14.6 Å². The standard InChI is InChI=1S/C11H21N3O2S/c1-3-7-14-8-4-11(10-14)9-12-5-6-13-17(2,15)16/h4,8,10,12-13H,3,5-7,9H2,1-2H3. The topological polar surface area (TPSA) is 63.1 Å². The summed E-state index contributed by atoms with van der Waals surface area (Å²) in [7, 11) is -3.07. The Bertz CT molecular complexity index is 426. The molecule has 5 nitrogen and oxygen atoms in total. The molecule has 0 saturated carbocycles. The van der Waals surface area contributed by atoms with Crippen LogP contribution in [0.25, 0.3) is 0 Å². The van der Waals surface area contributed by atoms with E-state index in [9.17, 15) is 8.42 Å². The highest BCUT2D eigenvalue weighted by Gasteiger charge is 1.99. The molecule has 17 heavy (non-hydrogen) atoms. The number of aryl methyl sites for hydroxylation is 1. The molecule has 1 aromatic heterocycles. The Labute approximate surface area is 103 Å². The van der Waals surface area contributed by atoms with E-state index in [1.807, 2.05) is 0 Å². The molecule has 0 aliphatic rings. The molecule has 6 heteroatoms. The SMILES string of the molecule is CCCn1ccc(CNCCNS(C)(=O)=O)c1. The Kier molecular flexibility index (Phi) is 5.67. The number of sulfonamides is 1. The van der Waals surface area contributed by atoms with Gasteiger partial charge in [0, 0.05) is 38.6 Å². The first-order valence-electron chi connectivity index (χ1n) is 5.81. The van der Waals surface area contributed by atoms with E-state index in [0.717, 1.165) is 25.8 Å². The molecule has 0 amide bonds. The Hall–Kier alpha value is -0.850. The third-order valence-electron chi connectivity index (χ3n) is 2.29. The fraction of sp³-hybridized carbons (Fsp3) is 0.636. The molecule has 1 heterocycles. The highest BCUT2D eigenvalue weighted by Crippen LogP contribution is 2.01. The van der Waals surface area contributed by atoms with Crippen molar-refractivity contribution < 1.29 is 8.42 Å². The Morgan fingerprint density at radius 1 is 1.35 bits per heavy atom. The molecule has 0 aliphatic heterocycles. The molecular formula is C11H21N3O2S. The van der Waals surface area contributed by atoms with Crippen molar-refractivity contribution >= 4 is 10.0 Å². The molecule has 2 N–H and O–H groups in total. The Morgan fingerprint density at radius 2 is 2.12 bits per heavy atom. The maximum absolute atomic E-state index is 10.8. The molecule has 0 atom stereocenters. The molecule has 0 spiro atoms. The summed E-state index contributed by atoms with van der Waals surface area (Å²) in [6, 6.07) is 2.08. The van der Waals surface area contributed by atoms with E-state index in [1.54, 1.807) is 0 Å². The highest BCUT2D eigenvalue weighted by molar-refractivity contribution is 7.88. The molecule has 1 aromatic rings. The summed E-state index contributed by atoms with van der Waals surface area (Å²) in [4.78, 5) is 0. The van der Waals surface area contributed by atoms with Gasteiger partial charge in [-0.3, -0.25) is 0 Å². The lowest BCUT2D eigenvalue weighted by molar-refractivity contribution is 0.581. The quantitative estimate of drug-likeness (QED) is 0.670. The van der Waals surface area contributed by atoms with Crippen LogP contribution in [0.2, 0.25) is 0 Å². The second kappa shape index (κ2) is 6.78. The molecule has 0 aromatic carbocycles. The van der Waals surface area contributed by atoms with Gasteiger partial charge >= 0.3 is 0 Å². The summed E-state index contributed by atoms with van der Waals surface area (Å²) in [5.74, 6) is 0. The predicted molar refractivity (Wildman–Crippen MR) is 69.3 cm³/mol. The second-order valence-electron chi connectivity index (χ2n) is 4.10. The summed E-state index contributed by atoms with van der Waals surface area (Å²) in [5.41, 5.74) is 1.22. The number of nitrogens with one attached hydrogen (secondary N) is 2.